The summed E-state index contributed by atoms with van der Waals surface area (Å²) >= 11 is 12.1. The van der Waals surface area contributed by atoms with E-state index in [4.69, 9.17) is 23.2 Å². The molecule has 94 valence electrons. The van der Waals surface area contributed by atoms with Crippen LogP contribution < -0.4 is 5.32 Å². The Bertz CT molecular complexity index is 521. The fourth-order valence-electron chi connectivity index (χ4n) is 1.79. The SMILES string of the molecule is CCNCc1cc(-c2ccc(Cl)cc2)ccc1Cl. The summed E-state index contributed by atoms with van der Waals surface area (Å²) in [4.78, 5) is 0. The van der Waals surface area contributed by atoms with Gasteiger partial charge >= 0.3 is 0 Å². The lowest BCUT2D eigenvalue weighted by Crippen LogP contribution is -2.12. The van der Waals surface area contributed by atoms with Crippen molar-refractivity contribution in [2.24, 2.45) is 0 Å². The van der Waals surface area contributed by atoms with Crippen molar-refractivity contribution in [2.45, 2.75) is 13.5 Å². The van der Waals surface area contributed by atoms with E-state index in [9.17, 15) is 0 Å². The first kappa shape index (κ1) is 13.4. The lowest BCUT2D eigenvalue weighted by Gasteiger charge is -2.08. The number of benzene rings is 2. The smallest absolute Gasteiger partial charge is 0.0451 e. The minimum atomic E-state index is 0.751. The Hall–Kier alpha value is -1.02. The van der Waals surface area contributed by atoms with Crippen molar-refractivity contribution in [1.82, 2.24) is 5.32 Å². The van der Waals surface area contributed by atoms with Gasteiger partial charge in [0.2, 0.25) is 0 Å². The second-order valence-corrected chi connectivity index (χ2v) is 4.94. The van der Waals surface area contributed by atoms with Crippen molar-refractivity contribution in [3.8, 4) is 11.1 Å². The quantitative estimate of drug-likeness (QED) is 0.850. The maximum absolute atomic E-state index is 6.18. The molecule has 0 unspecified atom stereocenters. The molecule has 0 radical (unpaired) electrons. The molecule has 0 heterocycles. The van der Waals surface area contributed by atoms with Gasteiger partial charge < -0.3 is 5.32 Å². The van der Waals surface area contributed by atoms with Gasteiger partial charge in [-0.1, -0.05) is 48.3 Å². The van der Waals surface area contributed by atoms with Gasteiger partial charge in [0.05, 0.1) is 0 Å². The summed E-state index contributed by atoms with van der Waals surface area (Å²) in [5.74, 6) is 0. The molecule has 0 aliphatic rings. The predicted molar refractivity (Wildman–Crippen MR) is 79.3 cm³/mol. The van der Waals surface area contributed by atoms with Crippen LogP contribution in [0.5, 0.6) is 0 Å². The molecule has 0 aliphatic heterocycles. The molecule has 2 aromatic rings. The van der Waals surface area contributed by atoms with Gasteiger partial charge in [0.1, 0.15) is 0 Å². The van der Waals surface area contributed by atoms with Crippen molar-refractivity contribution in [1.29, 1.82) is 0 Å². The van der Waals surface area contributed by atoms with Gasteiger partial charge in [0.15, 0.2) is 0 Å². The Morgan fingerprint density at radius 2 is 1.61 bits per heavy atom. The van der Waals surface area contributed by atoms with E-state index < -0.39 is 0 Å². The number of halogens is 2. The molecular weight excluding hydrogens is 265 g/mol. The van der Waals surface area contributed by atoms with E-state index in [-0.39, 0.29) is 0 Å². The van der Waals surface area contributed by atoms with Gasteiger partial charge in [-0.05, 0) is 47.5 Å². The lowest BCUT2D eigenvalue weighted by molar-refractivity contribution is 0.727. The molecule has 3 heteroatoms. The Morgan fingerprint density at radius 1 is 0.944 bits per heavy atom. The molecule has 0 amide bonds. The first-order valence-corrected chi connectivity index (χ1v) is 6.71. The van der Waals surface area contributed by atoms with Crippen molar-refractivity contribution in [3.05, 3.63) is 58.1 Å². The second kappa shape index (κ2) is 6.24. The summed E-state index contributed by atoms with van der Waals surface area (Å²) in [5, 5.41) is 4.84. The Kier molecular flexibility index (Phi) is 4.65. The molecule has 0 bridgehead atoms. The normalized spacial score (nSPS) is 10.6. The summed E-state index contributed by atoms with van der Waals surface area (Å²) in [7, 11) is 0. The molecule has 0 spiro atoms. The Morgan fingerprint density at radius 3 is 2.28 bits per heavy atom. The average molecular weight is 280 g/mol. The van der Waals surface area contributed by atoms with Crippen molar-refractivity contribution >= 4 is 23.2 Å². The van der Waals surface area contributed by atoms with Crippen LogP contribution in [0.2, 0.25) is 10.0 Å². The zero-order chi connectivity index (χ0) is 13.0. The highest BCUT2D eigenvalue weighted by molar-refractivity contribution is 6.31. The van der Waals surface area contributed by atoms with Crippen LogP contribution in [-0.2, 0) is 6.54 Å². The van der Waals surface area contributed by atoms with Gasteiger partial charge in [-0.3, -0.25) is 0 Å². The van der Waals surface area contributed by atoms with E-state index in [0.717, 1.165) is 39.8 Å². The average Bonchev–Trinajstić information content (AvgIpc) is 2.39. The third kappa shape index (κ3) is 3.26. The van der Waals surface area contributed by atoms with Crippen LogP contribution in [0.15, 0.2) is 42.5 Å². The maximum atomic E-state index is 6.18. The molecule has 0 saturated carbocycles. The largest absolute Gasteiger partial charge is 0.313 e. The molecular formula is C15H15Cl2N. The van der Waals surface area contributed by atoms with Crippen LogP contribution in [0, 0.1) is 0 Å². The van der Waals surface area contributed by atoms with Crippen LogP contribution in [0.25, 0.3) is 11.1 Å². The Labute approximate surface area is 118 Å². The summed E-state index contributed by atoms with van der Waals surface area (Å²) in [6.07, 6.45) is 0. The summed E-state index contributed by atoms with van der Waals surface area (Å²) < 4.78 is 0. The van der Waals surface area contributed by atoms with Crippen LogP contribution in [0.3, 0.4) is 0 Å². The van der Waals surface area contributed by atoms with Crippen molar-refractivity contribution < 1.29 is 0 Å². The molecule has 18 heavy (non-hydrogen) atoms. The monoisotopic (exact) mass is 279 g/mol. The van der Waals surface area contributed by atoms with E-state index >= 15 is 0 Å². The first-order valence-electron chi connectivity index (χ1n) is 5.96. The van der Waals surface area contributed by atoms with Gasteiger partial charge in [0, 0.05) is 16.6 Å². The molecule has 0 saturated heterocycles. The number of hydrogen-bond acceptors (Lipinski definition) is 1. The number of rotatable bonds is 4. The van der Waals surface area contributed by atoms with Crippen LogP contribution in [0.1, 0.15) is 12.5 Å². The molecule has 0 atom stereocenters. The minimum Gasteiger partial charge on any atom is -0.313 e. The Balaban J connectivity index is 2.31. The fourth-order valence-corrected chi connectivity index (χ4v) is 2.10. The third-order valence-corrected chi connectivity index (χ3v) is 3.41. The molecule has 0 fully saturated rings. The van der Waals surface area contributed by atoms with E-state index in [2.05, 4.69) is 18.3 Å². The minimum absolute atomic E-state index is 0.751. The highest BCUT2D eigenvalue weighted by atomic mass is 35.5. The van der Waals surface area contributed by atoms with Crippen LogP contribution >= 0.6 is 23.2 Å². The fraction of sp³-hybridized carbons (Fsp3) is 0.200. The zero-order valence-electron chi connectivity index (χ0n) is 10.2. The predicted octanol–water partition coefficient (Wildman–Crippen LogP) is 4.77. The van der Waals surface area contributed by atoms with Crippen molar-refractivity contribution in [3.63, 3.8) is 0 Å². The molecule has 0 aliphatic carbocycles. The van der Waals surface area contributed by atoms with E-state index in [1.807, 2.05) is 36.4 Å². The van der Waals surface area contributed by atoms with E-state index in [0.29, 0.717) is 0 Å². The molecule has 2 aromatic carbocycles. The molecule has 1 N–H and O–H groups in total. The van der Waals surface area contributed by atoms with Gasteiger partial charge in [-0.2, -0.15) is 0 Å². The van der Waals surface area contributed by atoms with Gasteiger partial charge in [-0.25, -0.2) is 0 Å². The second-order valence-electron chi connectivity index (χ2n) is 4.09. The number of nitrogens with one attached hydrogen (secondary N) is 1. The van der Waals surface area contributed by atoms with E-state index in [1.54, 1.807) is 0 Å². The summed E-state index contributed by atoms with van der Waals surface area (Å²) in [6.45, 7) is 3.80. The zero-order valence-corrected chi connectivity index (χ0v) is 11.7. The number of hydrogen-bond donors (Lipinski definition) is 1. The van der Waals surface area contributed by atoms with Crippen molar-refractivity contribution in [2.75, 3.05) is 6.54 Å². The summed E-state index contributed by atoms with van der Waals surface area (Å²) in [5.41, 5.74) is 3.42. The highest BCUT2D eigenvalue weighted by Gasteiger charge is 2.03. The molecule has 2 rings (SSSR count). The first-order chi connectivity index (χ1) is 8.70. The van der Waals surface area contributed by atoms with E-state index in [1.165, 1.54) is 0 Å². The van der Waals surface area contributed by atoms with Gasteiger partial charge in [-0.15, -0.1) is 0 Å². The topological polar surface area (TPSA) is 12.0 Å². The van der Waals surface area contributed by atoms with Crippen LogP contribution in [0.4, 0.5) is 0 Å². The third-order valence-electron chi connectivity index (χ3n) is 2.79. The van der Waals surface area contributed by atoms with Crippen LogP contribution in [-0.4, -0.2) is 6.54 Å². The maximum Gasteiger partial charge on any atom is 0.0451 e. The lowest BCUT2D eigenvalue weighted by atomic mass is 10.0. The molecule has 1 nitrogen and oxygen atoms in total. The molecule has 0 aromatic heterocycles. The standard InChI is InChI=1S/C15H15Cl2N/c1-2-18-10-13-9-12(5-8-15(13)17)11-3-6-14(16)7-4-11/h3-9,18H,2,10H2,1H3. The van der Waals surface area contributed by atoms with Gasteiger partial charge in [0.25, 0.3) is 0 Å². The summed E-state index contributed by atoms with van der Waals surface area (Å²) in [6, 6.07) is 13.9. The highest BCUT2D eigenvalue weighted by Crippen LogP contribution is 2.26.